The van der Waals surface area contributed by atoms with Gasteiger partial charge in [-0.05, 0) is 38.1 Å². The van der Waals surface area contributed by atoms with Gasteiger partial charge in [-0.2, -0.15) is 0 Å². The van der Waals surface area contributed by atoms with Crippen molar-refractivity contribution >= 4 is 23.0 Å². The van der Waals surface area contributed by atoms with Crippen LogP contribution in [0.15, 0.2) is 44.3 Å². The van der Waals surface area contributed by atoms with Crippen LogP contribution in [0.2, 0.25) is 0 Å². The Bertz CT molecular complexity index is 1110. The molecule has 0 fully saturated rings. The van der Waals surface area contributed by atoms with Crippen LogP contribution in [0.1, 0.15) is 34.8 Å². The highest BCUT2D eigenvalue weighted by Gasteiger charge is 2.25. The predicted molar refractivity (Wildman–Crippen MR) is 106 cm³/mol. The molecule has 0 aliphatic carbocycles. The third kappa shape index (κ3) is 3.36. The van der Waals surface area contributed by atoms with E-state index in [0.717, 1.165) is 5.76 Å². The minimum Gasteiger partial charge on any atom is -0.505 e. The first-order valence-corrected chi connectivity index (χ1v) is 8.67. The molecular weight excluding hydrogens is 362 g/mol. The molecule has 0 bridgehead atoms. The molecular formula is C20H21N3O5. The van der Waals surface area contributed by atoms with Crippen LogP contribution in [0.3, 0.4) is 0 Å². The second-order valence-corrected chi connectivity index (χ2v) is 6.75. The second kappa shape index (κ2) is 7.22. The summed E-state index contributed by atoms with van der Waals surface area (Å²) in [6.07, 6.45) is 0. The van der Waals surface area contributed by atoms with Crippen molar-refractivity contribution < 1.29 is 14.3 Å². The van der Waals surface area contributed by atoms with Crippen molar-refractivity contribution in [3.8, 4) is 5.75 Å². The van der Waals surface area contributed by atoms with Crippen LogP contribution in [0, 0.1) is 6.92 Å². The molecule has 0 aliphatic rings. The molecule has 1 aromatic heterocycles. The number of anilines is 3. The number of phenols is 1. The van der Waals surface area contributed by atoms with Crippen molar-refractivity contribution in [2.45, 2.75) is 19.9 Å². The summed E-state index contributed by atoms with van der Waals surface area (Å²) in [5.41, 5.74) is -0.973. The molecule has 1 unspecified atom stereocenters. The molecule has 1 amide bonds. The van der Waals surface area contributed by atoms with Crippen molar-refractivity contribution in [1.29, 1.82) is 0 Å². The van der Waals surface area contributed by atoms with E-state index in [1.807, 2.05) is 6.92 Å². The largest absolute Gasteiger partial charge is 0.505 e. The number of hydrogen-bond donors (Lipinski definition) is 3. The summed E-state index contributed by atoms with van der Waals surface area (Å²) in [6.45, 7) is 3.61. The number of carbonyl (C=O) groups excluding carboxylic acids is 1. The lowest BCUT2D eigenvalue weighted by Gasteiger charge is -2.19. The van der Waals surface area contributed by atoms with Gasteiger partial charge in [-0.15, -0.1) is 0 Å². The summed E-state index contributed by atoms with van der Waals surface area (Å²) < 4.78 is 5.53. The van der Waals surface area contributed by atoms with Crippen molar-refractivity contribution in [3.63, 3.8) is 0 Å². The van der Waals surface area contributed by atoms with E-state index in [0.29, 0.717) is 5.76 Å². The highest BCUT2D eigenvalue weighted by atomic mass is 16.3. The number of benzene rings is 1. The van der Waals surface area contributed by atoms with Crippen molar-refractivity contribution in [2.24, 2.45) is 0 Å². The molecule has 8 nitrogen and oxygen atoms in total. The Balaban J connectivity index is 1.88. The zero-order valence-corrected chi connectivity index (χ0v) is 16.0. The van der Waals surface area contributed by atoms with E-state index in [1.54, 1.807) is 39.2 Å². The van der Waals surface area contributed by atoms with Crippen LogP contribution in [0.5, 0.6) is 5.75 Å². The second-order valence-electron chi connectivity index (χ2n) is 6.75. The summed E-state index contributed by atoms with van der Waals surface area (Å²) >= 11 is 0. The standard InChI is InChI=1S/C20H21N3O5/c1-10-8-9-14(28-10)11(2)21-15-16(19(26)18(15)25)22-13-7-5-6-12(17(13)24)20(27)23(3)4/h5-9,11,21-22,24H,1-4H3. The monoisotopic (exact) mass is 383 g/mol. The molecule has 3 N–H and O–H groups in total. The minimum absolute atomic E-state index is 0.0323. The first kappa shape index (κ1) is 19.2. The number of aryl methyl sites for hydroxylation is 1. The summed E-state index contributed by atoms with van der Waals surface area (Å²) in [5, 5.41) is 16.1. The van der Waals surface area contributed by atoms with Gasteiger partial charge >= 0.3 is 0 Å². The molecule has 1 atom stereocenters. The van der Waals surface area contributed by atoms with E-state index >= 15 is 0 Å². The van der Waals surface area contributed by atoms with Gasteiger partial charge in [0.2, 0.25) is 0 Å². The minimum atomic E-state index is -0.700. The van der Waals surface area contributed by atoms with Crippen LogP contribution >= 0.6 is 0 Å². The molecule has 0 aliphatic heterocycles. The van der Waals surface area contributed by atoms with E-state index in [1.165, 1.54) is 17.0 Å². The molecule has 8 heteroatoms. The smallest absolute Gasteiger partial charge is 0.257 e. The van der Waals surface area contributed by atoms with E-state index in [9.17, 15) is 19.5 Å². The number of nitrogens with one attached hydrogen (secondary N) is 2. The molecule has 146 valence electrons. The fourth-order valence-corrected chi connectivity index (χ4v) is 2.81. The number of phenolic OH excluding ortho intramolecular Hbond substituents is 1. The molecule has 0 radical (unpaired) electrons. The van der Waals surface area contributed by atoms with Crippen LogP contribution in [0.4, 0.5) is 17.1 Å². The average molecular weight is 383 g/mol. The quantitative estimate of drug-likeness (QED) is 0.443. The molecule has 0 saturated heterocycles. The Kier molecular flexibility index (Phi) is 4.96. The fraction of sp³-hybridized carbons (Fsp3) is 0.250. The van der Waals surface area contributed by atoms with Gasteiger partial charge in [0.1, 0.15) is 22.9 Å². The third-order valence-electron chi connectivity index (χ3n) is 4.39. The average Bonchev–Trinajstić information content (AvgIpc) is 3.11. The molecule has 3 rings (SSSR count). The van der Waals surface area contributed by atoms with Crippen LogP contribution in [-0.4, -0.2) is 30.0 Å². The normalized spacial score (nSPS) is 12.0. The lowest BCUT2D eigenvalue weighted by Crippen LogP contribution is -2.37. The number of hydrogen-bond acceptors (Lipinski definition) is 7. The van der Waals surface area contributed by atoms with E-state index in [4.69, 9.17) is 4.42 Å². The Labute approximate surface area is 161 Å². The van der Waals surface area contributed by atoms with Gasteiger partial charge in [0.25, 0.3) is 16.8 Å². The van der Waals surface area contributed by atoms with Crippen molar-refractivity contribution in [3.05, 3.63) is 67.9 Å². The zero-order chi connectivity index (χ0) is 20.6. The van der Waals surface area contributed by atoms with Crippen LogP contribution in [-0.2, 0) is 0 Å². The van der Waals surface area contributed by atoms with E-state index in [2.05, 4.69) is 10.6 Å². The topological polar surface area (TPSA) is 112 Å². The Morgan fingerprint density at radius 1 is 1.11 bits per heavy atom. The van der Waals surface area contributed by atoms with Gasteiger partial charge in [-0.1, -0.05) is 6.07 Å². The molecule has 0 saturated carbocycles. The number of nitrogens with zero attached hydrogens (tertiary/aromatic N) is 1. The Morgan fingerprint density at radius 2 is 1.79 bits per heavy atom. The molecule has 3 aromatic rings. The predicted octanol–water partition coefficient (Wildman–Crippen LogP) is 2.51. The van der Waals surface area contributed by atoms with Crippen LogP contribution < -0.4 is 21.5 Å². The van der Waals surface area contributed by atoms with E-state index < -0.39 is 10.9 Å². The SMILES string of the molecule is Cc1ccc(C(C)Nc2c(Nc3cccc(C(=O)N(C)C)c3O)c(=O)c2=O)o1. The van der Waals surface area contributed by atoms with Gasteiger partial charge in [0.15, 0.2) is 5.75 Å². The third-order valence-corrected chi connectivity index (χ3v) is 4.39. The molecule has 28 heavy (non-hydrogen) atoms. The molecule has 1 heterocycles. The van der Waals surface area contributed by atoms with Crippen molar-refractivity contribution in [1.82, 2.24) is 4.90 Å². The first-order valence-electron chi connectivity index (χ1n) is 8.67. The van der Waals surface area contributed by atoms with Crippen LogP contribution in [0.25, 0.3) is 0 Å². The summed E-state index contributed by atoms with van der Waals surface area (Å²) in [6, 6.07) is 7.82. The Morgan fingerprint density at radius 3 is 2.39 bits per heavy atom. The number of aromatic hydroxyl groups is 1. The lowest BCUT2D eigenvalue weighted by molar-refractivity contribution is 0.0824. The maximum Gasteiger partial charge on any atom is 0.257 e. The summed E-state index contributed by atoms with van der Waals surface area (Å²) in [5.74, 6) is 0.679. The number of carbonyl (C=O) groups is 1. The highest BCUT2D eigenvalue weighted by Crippen LogP contribution is 2.33. The zero-order valence-electron chi connectivity index (χ0n) is 16.0. The van der Waals surface area contributed by atoms with Gasteiger partial charge < -0.3 is 25.1 Å². The maximum atomic E-state index is 12.2. The highest BCUT2D eigenvalue weighted by molar-refractivity contribution is 5.99. The number of para-hydroxylation sites is 1. The van der Waals surface area contributed by atoms with E-state index in [-0.39, 0.29) is 40.3 Å². The maximum absolute atomic E-state index is 12.2. The molecule has 0 spiro atoms. The van der Waals surface area contributed by atoms with Gasteiger partial charge in [0.05, 0.1) is 17.3 Å². The number of amides is 1. The van der Waals surface area contributed by atoms with Crippen molar-refractivity contribution in [2.75, 3.05) is 24.7 Å². The summed E-state index contributed by atoms with van der Waals surface area (Å²) in [4.78, 5) is 37.6. The van der Waals surface area contributed by atoms with Gasteiger partial charge in [-0.25, -0.2) is 0 Å². The molecule has 2 aromatic carbocycles. The lowest BCUT2D eigenvalue weighted by atomic mass is 10.1. The fourth-order valence-electron chi connectivity index (χ4n) is 2.81. The van der Waals surface area contributed by atoms with Gasteiger partial charge in [0, 0.05) is 14.1 Å². The first-order chi connectivity index (χ1) is 13.2. The Hall–Kier alpha value is -3.55. The summed E-state index contributed by atoms with van der Waals surface area (Å²) in [7, 11) is 3.14. The van der Waals surface area contributed by atoms with Gasteiger partial charge in [-0.3, -0.25) is 14.4 Å². The number of furan rings is 1. The number of rotatable bonds is 6.